The van der Waals surface area contributed by atoms with E-state index in [1.807, 2.05) is 30.0 Å². The van der Waals surface area contributed by atoms with Crippen molar-refractivity contribution >= 4 is 33.4 Å². The molecule has 4 heteroatoms. The molecule has 92 valence electrons. The van der Waals surface area contributed by atoms with E-state index in [0.29, 0.717) is 17.5 Å². The molecule has 0 heterocycles. The Morgan fingerprint density at radius 3 is 2.82 bits per heavy atom. The van der Waals surface area contributed by atoms with E-state index in [1.165, 1.54) is 0 Å². The van der Waals surface area contributed by atoms with Crippen LogP contribution in [0.2, 0.25) is 5.02 Å². The van der Waals surface area contributed by atoms with Crippen molar-refractivity contribution in [3.63, 3.8) is 0 Å². The molecule has 0 saturated heterocycles. The molecule has 0 spiro atoms. The summed E-state index contributed by atoms with van der Waals surface area (Å²) in [6, 6.07) is 6.11. The Morgan fingerprint density at radius 2 is 2.24 bits per heavy atom. The van der Waals surface area contributed by atoms with E-state index in [9.17, 15) is 4.79 Å². The molecule has 1 aromatic carbocycles. The first-order valence-electron chi connectivity index (χ1n) is 5.85. The topological polar surface area (TPSA) is 20.3 Å². The highest BCUT2D eigenvalue weighted by molar-refractivity contribution is 9.10. The van der Waals surface area contributed by atoms with Gasteiger partial charge in [0, 0.05) is 17.1 Å². The molecule has 0 unspecified atom stereocenters. The summed E-state index contributed by atoms with van der Waals surface area (Å²) >= 11 is 9.44. The maximum atomic E-state index is 12.2. The fourth-order valence-corrected chi connectivity index (χ4v) is 2.57. The van der Waals surface area contributed by atoms with Crippen molar-refractivity contribution in [3.8, 4) is 0 Å². The normalized spacial score (nSPS) is 14.8. The molecule has 1 fully saturated rings. The van der Waals surface area contributed by atoms with Gasteiger partial charge in [0.15, 0.2) is 0 Å². The van der Waals surface area contributed by atoms with Gasteiger partial charge in [0.25, 0.3) is 0 Å². The molecule has 0 aromatic heterocycles. The molecule has 0 bridgehead atoms. The van der Waals surface area contributed by atoms with Crippen LogP contribution < -0.4 is 0 Å². The van der Waals surface area contributed by atoms with Crippen molar-refractivity contribution in [2.45, 2.75) is 32.2 Å². The Kier molecular flexibility index (Phi) is 4.10. The van der Waals surface area contributed by atoms with E-state index >= 15 is 0 Å². The average Bonchev–Trinajstić information content (AvgIpc) is 3.10. The molecule has 1 aliphatic rings. The maximum Gasteiger partial charge on any atom is 0.227 e. The Morgan fingerprint density at radius 1 is 1.53 bits per heavy atom. The number of halogens is 2. The predicted octanol–water partition coefficient (Wildman–Crippen LogP) is 3.66. The number of hydrogen-bond acceptors (Lipinski definition) is 1. The first-order valence-corrected chi connectivity index (χ1v) is 7.03. The van der Waals surface area contributed by atoms with Gasteiger partial charge >= 0.3 is 0 Å². The molecule has 17 heavy (non-hydrogen) atoms. The lowest BCUT2D eigenvalue weighted by molar-refractivity contribution is -0.130. The Hall–Kier alpha value is -0.540. The summed E-state index contributed by atoms with van der Waals surface area (Å²) < 4.78 is 0.835. The zero-order valence-corrected chi connectivity index (χ0v) is 12.1. The lowest BCUT2D eigenvalue weighted by Crippen LogP contribution is -2.34. The second-order valence-electron chi connectivity index (χ2n) is 4.30. The molecule has 1 aromatic rings. The van der Waals surface area contributed by atoms with Gasteiger partial charge in [-0.2, -0.15) is 0 Å². The zero-order valence-electron chi connectivity index (χ0n) is 9.75. The van der Waals surface area contributed by atoms with Crippen molar-refractivity contribution in [3.05, 3.63) is 33.3 Å². The summed E-state index contributed by atoms with van der Waals surface area (Å²) in [5, 5.41) is 0.657. The highest BCUT2D eigenvalue weighted by atomic mass is 79.9. The number of carbonyl (C=O) groups excluding carboxylic acids is 1. The number of benzene rings is 1. The van der Waals surface area contributed by atoms with Crippen LogP contribution >= 0.6 is 27.5 Å². The van der Waals surface area contributed by atoms with Crippen molar-refractivity contribution < 1.29 is 4.79 Å². The van der Waals surface area contributed by atoms with Crippen LogP contribution in [-0.4, -0.2) is 23.4 Å². The number of likely N-dealkylation sites (N-methyl/N-ethyl adjacent to an activating group) is 1. The van der Waals surface area contributed by atoms with Crippen LogP contribution in [0.25, 0.3) is 0 Å². The summed E-state index contributed by atoms with van der Waals surface area (Å²) in [7, 11) is 0. The Labute approximate surface area is 115 Å². The van der Waals surface area contributed by atoms with Crippen molar-refractivity contribution in [1.29, 1.82) is 0 Å². The second kappa shape index (κ2) is 5.40. The third kappa shape index (κ3) is 3.02. The number of amides is 1. The summed E-state index contributed by atoms with van der Waals surface area (Å²) in [5.74, 6) is 0.193. The molecule has 0 atom stereocenters. The van der Waals surface area contributed by atoms with E-state index in [2.05, 4.69) is 15.9 Å². The molecule has 1 amide bonds. The molecule has 0 radical (unpaired) electrons. The fraction of sp³-hybridized carbons (Fsp3) is 0.462. The van der Waals surface area contributed by atoms with Gasteiger partial charge in [-0.1, -0.05) is 23.7 Å². The zero-order chi connectivity index (χ0) is 12.4. The van der Waals surface area contributed by atoms with Gasteiger partial charge in [0.1, 0.15) is 0 Å². The SMILES string of the molecule is CCN(C(=O)Cc1cccc(Cl)c1Br)C1CC1. The van der Waals surface area contributed by atoms with Gasteiger partial charge < -0.3 is 4.90 Å². The highest BCUT2D eigenvalue weighted by Crippen LogP contribution is 2.29. The monoisotopic (exact) mass is 315 g/mol. The number of nitrogens with zero attached hydrogens (tertiary/aromatic N) is 1. The minimum atomic E-state index is 0.193. The Balaban J connectivity index is 2.09. The van der Waals surface area contributed by atoms with Crippen LogP contribution in [0, 0.1) is 0 Å². The van der Waals surface area contributed by atoms with Crippen LogP contribution in [-0.2, 0) is 11.2 Å². The summed E-state index contributed by atoms with van der Waals surface area (Å²) in [6.07, 6.45) is 2.72. The van der Waals surface area contributed by atoms with Gasteiger partial charge in [-0.05, 0) is 47.3 Å². The molecule has 1 aliphatic carbocycles. The van der Waals surface area contributed by atoms with Gasteiger partial charge in [0.05, 0.1) is 11.4 Å². The van der Waals surface area contributed by atoms with Crippen LogP contribution in [0.4, 0.5) is 0 Å². The van der Waals surface area contributed by atoms with Crippen molar-refractivity contribution in [2.24, 2.45) is 0 Å². The Bertz CT molecular complexity index is 431. The summed E-state index contributed by atoms with van der Waals surface area (Å²) in [4.78, 5) is 14.1. The molecule has 2 nitrogen and oxygen atoms in total. The summed E-state index contributed by atoms with van der Waals surface area (Å²) in [6.45, 7) is 2.82. The van der Waals surface area contributed by atoms with E-state index in [1.54, 1.807) is 0 Å². The number of hydrogen-bond donors (Lipinski definition) is 0. The molecule has 1 saturated carbocycles. The van der Waals surface area contributed by atoms with Gasteiger partial charge in [-0.15, -0.1) is 0 Å². The van der Waals surface area contributed by atoms with Crippen LogP contribution in [0.1, 0.15) is 25.3 Å². The minimum Gasteiger partial charge on any atom is -0.340 e. The van der Waals surface area contributed by atoms with Crippen molar-refractivity contribution in [2.75, 3.05) is 6.54 Å². The molecule has 2 rings (SSSR count). The van der Waals surface area contributed by atoms with Crippen LogP contribution in [0.5, 0.6) is 0 Å². The van der Waals surface area contributed by atoms with Gasteiger partial charge in [0.2, 0.25) is 5.91 Å². The third-order valence-corrected chi connectivity index (χ3v) is 4.50. The third-order valence-electron chi connectivity index (χ3n) is 3.02. The minimum absolute atomic E-state index is 0.193. The maximum absolute atomic E-state index is 12.2. The number of carbonyl (C=O) groups is 1. The fourth-order valence-electron chi connectivity index (χ4n) is 1.97. The first-order chi connectivity index (χ1) is 8.13. The van der Waals surface area contributed by atoms with Gasteiger partial charge in [-0.25, -0.2) is 0 Å². The van der Waals surface area contributed by atoms with E-state index in [4.69, 9.17) is 11.6 Å². The van der Waals surface area contributed by atoms with E-state index < -0.39 is 0 Å². The van der Waals surface area contributed by atoms with Crippen LogP contribution in [0.3, 0.4) is 0 Å². The van der Waals surface area contributed by atoms with E-state index in [-0.39, 0.29) is 5.91 Å². The molecular weight excluding hydrogens is 302 g/mol. The first kappa shape index (κ1) is 12.9. The van der Waals surface area contributed by atoms with Crippen LogP contribution in [0.15, 0.2) is 22.7 Å². The lowest BCUT2D eigenvalue weighted by atomic mass is 10.1. The molecular formula is C13H15BrClNO. The quantitative estimate of drug-likeness (QED) is 0.830. The summed E-state index contributed by atoms with van der Waals surface area (Å²) in [5.41, 5.74) is 0.960. The average molecular weight is 317 g/mol. The highest BCUT2D eigenvalue weighted by Gasteiger charge is 2.31. The lowest BCUT2D eigenvalue weighted by Gasteiger charge is -2.20. The second-order valence-corrected chi connectivity index (χ2v) is 5.50. The molecule has 0 N–H and O–H groups in total. The standard InChI is InChI=1S/C13H15BrClNO/c1-2-16(10-6-7-10)12(17)8-9-4-3-5-11(15)13(9)14/h3-5,10H,2,6-8H2,1H3. The largest absolute Gasteiger partial charge is 0.340 e. The van der Waals surface area contributed by atoms with E-state index in [0.717, 1.165) is 29.4 Å². The van der Waals surface area contributed by atoms with Gasteiger partial charge in [-0.3, -0.25) is 4.79 Å². The van der Waals surface area contributed by atoms with Crippen molar-refractivity contribution in [1.82, 2.24) is 4.90 Å². The number of rotatable bonds is 4. The predicted molar refractivity (Wildman–Crippen MR) is 73.3 cm³/mol. The smallest absolute Gasteiger partial charge is 0.227 e. The molecule has 0 aliphatic heterocycles.